The van der Waals surface area contributed by atoms with E-state index in [4.69, 9.17) is 11.6 Å². The van der Waals surface area contributed by atoms with Crippen molar-refractivity contribution in [2.75, 3.05) is 5.32 Å². The first kappa shape index (κ1) is 13.3. The van der Waals surface area contributed by atoms with Crippen LogP contribution in [0.3, 0.4) is 0 Å². The van der Waals surface area contributed by atoms with Gasteiger partial charge in [0.2, 0.25) is 0 Å². The monoisotopic (exact) mass is 277 g/mol. The lowest BCUT2D eigenvalue weighted by molar-refractivity contribution is -0.384. The van der Waals surface area contributed by atoms with Crippen molar-refractivity contribution in [3.63, 3.8) is 0 Å². The number of pyridine rings is 1. The molecule has 2 aromatic rings. The number of rotatable bonds is 4. The maximum Gasteiger partial charge on any atom is 0.271 e. The molecule has 0 aliphatic heterocycles. The molecule has 0 aliphatic rings. The Labute approximate surface area is 115 Å². The maximum atomic E-state index is 10.7. The number of hydrogen-bond donors (Lipinski definition) is 1. The highest BCUT2D eigenvalue weighted by Gasteiger charge is 2.12. The average molecular weight is 278 g/mol. The molecule has 0 aliphatic carbocycles. The quantitative estimate of drug-likeness (QED) is 0.681. The topological polar surface area (TPSA) is 68.1 Å². The van der Waals surface area contributed by atoms with Gasteiger partial charge in [0.1, 0.15) is 0 Å². The van der Waals surface area contributed by atoms with Gasteiger partial charge in [-0.2, -0.15) is 0 Å². The molecule has 1 unspecified atom stereocenters. The normalized spacial score (nSPS) is 11.9. The fourth-order valence-electron chi connectivity index (χ4n) is 1.69. The zero-order chi connectivity index (χ0) is 13.8. The molecule has 98 valence electrons. The summed E-state index contributed by atoms with van der Waals surface area (Å²) in [6.45, 7) is 1.94. The zero-order valence-electron chi connectivity index (χ0n) is 10.2. The molecule has 6 heteroatoms. The number of hydrogen-bond acceptors (Lipinski definition) is 4. The summed E-state index contributed by atoms with van der Waals surface area (Å²) >= 11 is 6.03. The number of aromatic nitrogens is 1. The van der Waals surface area contributed by atoms with E-state index in [0.29, 0.717) is 10.7 Å². The van der Waals surface area contributed by atoms with E-state index in [-0.39, 0.29) is 11.7 Å². The van der Waals surface area contributed by atoms with Crippen molar-refractivity contribution in [2.24, 2.45) is 0 Å². The van der Waals surface area contributed by atoms with Crippen molar-refractivity contribution in [2.45, 2.75) is 13.0 Å². The van der Waals surface area contributed by atoms with E-state index in [1.807, 2.05) is 19.1 Å². The van der Waals surface area contributed by atoms with Crippen LogP contribution < -0.4 is 5.32 Å². The van der Waals surface area contributed by atoms with Gasteiger partial charge in [-0.1, -0.05) is 17.7 Å². The van der Waals surface area contributed by atoms with Crippen LogP contribution >= 0.6 is 11.6 Å². The molecule has 1 atom stereocenters. The van der Waals surface area contributed by atoms with Gasteiger partial charge in [-0.25, -0.2) is 0 Å². The van der Waals surface area contributed by atoms with Crippen LogP contribution in [-0.4, -0.2) is 9.91 Å². The van der Waals surface area contributed by atoms with Gasteiger partial charge >= 0.3 is 0 Å². The van der Waals surface area contributed by atoms with Crippen molar-refractivity contribution < 1.29 is 4.92 Å². The highest BCUT2D eigenvalue weighted by Crippen LogP contribution is 2.29. The van der Waals surface area contributed by atoms with E-state index < -0.39 is 4.92 Å². The maximum absolute atomic E-state index is 10.7. The minimum atomic E-state index is -0.448. The van der Waals surface area contributed by atoms with Crippen LogP contribution in [0.4, 0.5) is 11.4 Å². The summed E-state index contributed by atoms with van der Waals surface area (Å²) < 4.78 is 0. The standard InChI is InChI=1S/C13H12ClN3O2/c1-9(10-3-2-6-15-8-10)16-13-7-11(17(18)19)4-5-12(13)14/h2-9,16H,1H3. The van der Waals surface area contributed by atoms with Crippen molar-refractivity contribution >= 4 is 23.0 Å². The lowest BCUT2D eigenvalue weighted by Crippen LogP contribution is -2.07. The number of anilines is 1. The Morgan fingerprint density at radius 3 is 2.84 bits per heavy atom. The van der Waals surface area contributed by atoms with Gasteiger partial charge in [-0.05, 0) is 24.6 Å². The third-order valence-corrected chi connectivity index (χ3v) is 3.05. The van der Waals surface area contributed by atoms with Gasteiger partial charge in [-0.3, -0.25) is 15.1 Å². The summed E-state index contributed by atoms with van der Waals surface area (Å²) in [6, 6.07) is 8.03. The second kappa shape index (κ2) is 5.67. The molecule has 1 aromatic heterocycles. The molecule has 0 fully saturated rings. The zero-order valence-corrected chi connectivity index (χ0v) is 11.0. The first-order valence-corrected chi connectivity index (χ1v) is 6.06. The fraction of sp³-hybridized carbons (Fsp3) is 0.154. The third kappa shape index (κ3) is 3.20. The number of benzene rings is 1. The van der Waals surface area contributed by atoms with Gasteiger partial charge < -0.3 is 5.32 Å². The van der Waals surface area contributed by atoms with Gasteiger partial charge in [0.15, 0.2) is 0 Å². The van der Waals surface area contributed by atoms with E-state index in [1.54, 1.807) is 12.4 Å². The Balaban J connectivity index is 2.23. The molecule has 0 bridgehead atoms. The number of nitrogens with one attached hydrogen (secondary N) is 1. The minimum absolute atomic E-state index is 0.00490. The van der Waals surface area contributed by atoms with Gasteiger partial charge in [-0.15, -0.1) is 0 Å². The summed E-state index contributed by atoms with van der Waals surface area (Å²) in [7, 11) is 0. The van der Waals surface area contributed by atoms with Crippen molar-refractivity contribution in [3.8, 4) is 0 Å². The van der Waals surface area contributed by atoms with Gasteiger partial charge in [0, 0.05) is 24.5 Å². The molecule has 0 radical (unpaired) electrons. The number of nitrogens with zero attached hydrogens (tertiary/aromatic N) is 2. The highest BCUT2D eigenvalue weighted by molar-refractivity contribution is 6.33. The van der Waals surface area contributed by atoms with Crippen LogP contribution in [0, 0.1) is 10.1 Å². The first-order valence-electron chi connectivity index (χ1n) is 5.68. The SMILES string of the molecule is CC(Nc1cc([N+](=O)[O-])ccc1Cl)c1cccnc1. The second-order valence-corrected chi connectivity index (χ2v) is 4.48. The van der Waals surface area contributed by atoms with E-state index >= 15 is 0 Å². The minimum Gasteiger partial charge on any atom is -0.377 e. The molecule has 0 saturated heterocycles. The van der Waals surface area contributed by atoms with Crippen LogP contribution in [0.1, 0.15) is 18.5 Å². The Bertz CT molecular complexity index is 590. The molecule has 5 nitrogen and oxygen atoms in total. The molecular formula is C13H12ClN3O2. The first-order chi connectivity index (χ1) is 9.08. The predicted molar refractivity (Wildman–Crippen MR) is 74.4 cm³/mol. The Morgan fingerprint density at radius 2 is 2.21 bits per heavy atom. The van der Waals surface area contributed by atoms with Crippen molar-refractivity contribution in [1.82, 2.24) is 4.98 Å². The highest BCUT2D eigenvalue weighted by atomic mass is 35.5. The van der Waals surface area contributed by atoms with Crippen LogP contribution in [0.2, 0.25) is 5.02 Å². The summed E-state index contributed by atoms with van der Waals surface area (Å²) in [4.78, 5) is 14.3. The number of nitro benzene ring substituents is 1. The van der Waals surface area contributed by atoms with Crippen LogP contribution in [0.25, 0.3) is 0 Å². The summed E-state index contributed by atoms with van der Waals surface area (Å²) in [5, 5.41) is 14.3. The van der Waals surface area contributed by atoms with E-state index in [1.165, 1.54) is 18.2 Å². The number of nitro groups is 1. The second-order valence-electron chi connectivity index (χ2n) is 4.07. The molecule has 1 aromatic carbocycles. The van der Waals surface area contributed by atoms with Gasteiger partial charge in [0.05, 0.1) is 21.7 Å². The third-order valence-electron chi connectivity index (χ3n) is 2.72. The molecule has 1 heterocycles. The average Bonchev–Trinajstić information content (AvgIpc) is 2.42. The Kier molecular flexibility index (Phi) is 3.97. The van der Waals surface area contributed by atoms with Crippen molar-refractivity contribution in [1.29, 1.82) is 0 Å². The summed E-state index contributed by atoms with van der Waals surface area (Å²) in [6.07, 6.45) is 3.43. The smallest absolute Gasteiger partial charge is 0.271 e. The van der Waals surface area contributed by atoms with E-state index in [9.17, 15) is 10.1 Å². The number of non-ortho nitro benzene ring substituents is 1. The van der Waals surface area contributed by atoms with Crippen LogP contribution in [-0.2, 0) is 0 Å². The fourth-order valence-corrected chi connectivity index (χ4v) is 1.86. The molecule has 0 amide bonds. The van der Waals surface area contributed by atoms with Crippen molar-refractivity contribution in [3.05, 3.63) is 63.4 Å². The predicted octanol–water partition coefficient (Wildman–Crippen LogP) is 3.82. The molecule has 2 rings (SSSR count). The lowest BCUT2D eigenvalue weighted by atomic mass is 10.1. The largest absolute Gasteiger partial charge is 0.377 e. The Morgan fingerprint density at radius 1 is 1.42 bits per heavy atom. The van der Waals surface area contributed by atoms with Gasteiger partial charge in [0.25, 0.3) is 5.69 Å². The lowest BCUT2D eigenvalue weighted by Gasteiger charge is -2.16. The summed E-state index contributed by atoms with van der Waals surface area (Å²) in [5.74, 6) is 0. The van der Waals surface area contributed by atoms with Crippen LogP contribution in [0.5, 0.6) is 0 Å². The number of halogens is 1. The molecule has 0 spiro atoms. The molecule has 0 saturated carbocycles. The molecule has 19 heavy (non-hydrogen) atoms. The molecular weight excluding hydrogens is 266 g/mol. The summed E-state index contributed by atoms with van der Waals surface area (Å²) in [5.41, 5.74) is 1.52. The van der Waals surface area contributed by atoms with Crippen LogP contribution in [0.15, 0.2) is 42.7 Å². The van der Waals surface area contributed by atoms with E-state index in [2.05, 4.69) is 10.3 Å². The van der Waals surface area contributed by atoms with E-state index in [0.717, 1.165) is 5.56 Å². The Hall–Kier alpha value is -2.14. The molecule has 1 N–H and O–H groups in total.